The van der Waals surface area contributed by atoms with Crippen LogP contribution < -0.4 is 10.6 Å². The van der Waals surface area contributed by atoms with E-state index in [2.05, 4.69) is 22.8 Å². The number of benzene rings is 2. The number of rotatable bonds is 9. The van der Waals surface area contributed by atoms with E-state index in [1.807, 2.05) is 36.4 Å². The summed E-state index contributed by atoms with van der Waals surface area (Å²) in [4.78, 5) is 36.0. The Balaban J connectivity index is 1.34. The fraction of sp³-hybridized carbons (Fsp3) is 0.375. The molecule has 0 spiro atoms. The minimum absolute atomic E-state index is 0.00924. The fourth-order valence-corrected chi connectivity index (χ4v) is 4.24. The quantitative estimate of drug-likeness (QED) is 0.555. The number of methoxy groups -OCH3 is 1. The molecule has 1 saturated carbocycles. The molecule has 2 amide bonds. The Morgan fingerprint density at radius 3 is 2.19 bits per heavy atom. The number of nitrogens with one attached hydrogen (secondary N) is 2. The van der Waals surface area contributed by atoms with Gasteiger partial charge in [-0.1, -0.05) is 48.5 Å². The number of carbonyl (C=O) groups is 3. The van der Waals surface area contributed by atoms with E-state index in [1.165, 1.54) is 7.11 Å². The lowest BCUT2D eigenvalue weighted by Crippen LogP contribution is -2.47. The third-order valence-corrected chi connectivity index (χ3v) is 6.03. The van der Waals surface area contributed by atoms with Crippen molar-refractivity contribution in [1.29, 1.82) is 0 Å². The minimum atomic E-state index is -1.17. The predicted molar refractivity (Wildman–Crippen MR) is 116 cm³/mol. The highest BCUT2D eigenvalue weighted by molar-refractivity contribution is 5.85. The largest absolute Gasteiger partial charge is 0.480 e. The second kappa shape index (κ2) is 9.00. The summed E-state index contributed by atoms with van der Waals surface area (Å²) in [6.07, 6.45) is 0.674. The zero-order valence-corrected chi connectivity index (χ0v) is 17.8. The van der Waals surface area contributed by atoms with Crippen molar-refractivity contribution in [2.75, 3.05) is 20.3 Å². The summed E-state index contributed by atoms with van der Waals surface area (Å²) in [5.41, 5.74) is 3.86. The lowest BCUT2D eigenvalue weighted by atomic mass is 9.98. The van der Waals surface area contributed by atoms with Gasteiger partial charge in [0.05, 0.1) is 12.1 Å². The van der Waals surface area contributed by atoms with E-state index in [-0.39, 0.29) is 25.6 Å². The molecule has 2 aromatic rings. The summed E-state index contributed by atoms with van der Waals surface area (Å²) in [6, 6.07) is 15.1. The summed E-state index contributed by atoms with van der Waals surface area (Å²) < 4.78 is 10.4. The number of carboxylic acids is 1. The first kappa shape index (κ1) is 21.8. The van der Waals surface area contributed by atoms with Gasteiger partial charge in [0.25, 0.3) is 0 Å². The Morgan fingerprint density at radius 2 is 1.66 bits per heavy atom. The number of carbonyl (C=O) groups excluding carboxylic acids is 2. The molecule has 0 saturated heterocycles. The van der Waals surface area contributed by atoms with Crippen molar-refractivity contribution in [3.8, 4) is 11.1 Å². The van der Waals surface area contributed by atoms with Crippen LogP contribution >= 0.6 is 0 Å². The van der Waals surface area contributed by atoms with E-state index in [1.54, 1.807) is 0 Å². The molecule has 1 unspecified atom stereocenters. The molecular weight excluding hydrogens is 412 g/mol. The van der Waals surface area contributed by atoms with E-state index in [0.29, 0.717) is 12.8 Å². The second-order valence-corrected chi connectivity index (χ2v) is 8.32. The van der Waals surface area contributed by atoms with Gasteiger partial charge in [-0.3, -0.25) is 4.79 Å². The Labute approximate surface area is 185 Å². The van der Waals surface area contributed by atoms with Crippen LogP contribution in [0.15, 0.2) is 48.5 Å². The van der Waals surface area contributed by atoms with Gasteiger partial charge in [0.15, 0.2) is 6.04 Å². The van der Waals surface area contributed by atoms with E-state index >= 15 is 0 Å². The maximum Gasteiger partial charge on any atom is 0.407 e. The first-order valence-corrected chi connectivity index (χ1v) is 10.6. The number of carboxylic acid groups (broad SMARTS) is 1. The average Bonchev–Trinajstić information content (AvgIpc) is 3.44. The number of hydrogen-bond acceptors (Lipinski definition) is 5. The Bertz CT molecular complexity index is 987. The van der Waals surface area contributed by atoms with Crippen LogP contribution in [-0.4, -0.2) is 55.0 Å². The lowest BCUT2D eigenvalue weighted by Gasteiger charge is -2.20. The van der Waals surface area contributed by atoms with Crippen molar-refractivity contribution >= 4 is 18.0 Å². The molecule has 2 aliphatic carbocycles. The molecule has 0 radical (unpaired) electrons. The second-order valence-electron chi connectivity index (χ2n) is 8.32. The average molecular weight is 438 g/mol. The van der Waals surface area contributed by atoms with Crippen LogP contribution in [0.2, 0.25) is 0 Å². The highest BCUT2D eigenvalue weighted by atomic mass is 16.5. The first-order valence-electron chi connectivity index (χ1n) is 10.6. The van der Waals surface area contributed by atoms with Gasteiger partial charge in [0.1, 0.15) is 6.61 Å². The monoisotopic (exact) mass is 438 g/mol. The summed E-state index contributed by atoms with van der Waals surface area (Å²) in [5, 5.41) is 14.4. The summed E-state index contributed by atoms with van der Waals surface area (Å²) in [6.45, 7) is 0.0605. The van der Waals surface area contributed by atoms with Gasteiger partial charge in [-0.15, -0.1) is 0 Å². The Morgan fingerprint density at radius 1 is 1.06 bits per heavy atom. The Hall–Kier alpha value is -3.39. The molecule has 0 heterocycles. The van der Waals surface area contributed by atoms with Crippen LogP contribution in [-0.2, 0) is 19.1 Å². The molecular formula is C24H26N2O6. The number of ether oxygens (including phenoxy) is 2. The molecule has 1 atom stereocenters. The maximum atomic E-state index is 12.5. The number of aliphatic carboxylic acids is 1. The van der Waals surface area contributed by atoms with Crippen LogP contribution in [0.3, 0.4) is 0 Å². The molecule has 3 N–H and O–H groups in total. The molecule has 0 aromatic heterocycles. The highest BCUT2D eigenvalue weighted by Gasteiger charge is 2.46. The van der Waals surface area contributed by atoms with Crippen molar-refractivity contribution in [2.45, 2.75) is 36.8 Å². The van der Waals surface area contributed by atoms with Crippen molar-refractivity contribution < 1.29 is 29.0 Å². The van der Waals surface area contributed by atoms with Crippen LogP contribution in [0.4, 0.5) is 4.79 Å². The number of fused-ring (bicyclic) bond motifs is 3. The standard InChI is InChI=1S/C24H26N2O6/c1-31-14-20(22(28)29)25-21(27)12-24(10-11-24)26-23(30)32-13-19-17-8-4-2-6-15(17)16-7-3-5-9-18(16)19/h2-9,19-20H,10-14H2,1H3,(H,25,27)(H,26,30)(H,28,29). The van der Waals surface area contributed by atoms with E-state index in [9.17, 15) is 14.4 Å². The van der Waals surface area contributed by atoms with Gasteiger partial charge in [0.2, 0.25) is 5.91 Å². The molecule has 32 heavy (non-hydrogen) atoms. The SMILES string of the molecule is COCC(NC(=O)CC1(NC(=O)OCC2c3ccccc3-c3ccccc32)CC1)C(=O)O. The smallest absolute Gasteiger partial charge is 0.407 e. The predicted octanol–water partition coefficient (Wildman–Crippen LogP) is 2.66. The zero-order valence-electron chi connectivity index (χ0n) is 17.8. The third-order valence-electron chi connectivity index (χ3n) is 6.03. The molecule has 0 aliphatic heterocycles. The van der Waals surface area contributed by atoms with Crippen LogP contribution in [0.5, 0.6) is 0 Å². The number of amides is 2. The molecule has 0 bridgehead atoms. The van der Waals surface area contributed by atoms with E-state index in [0.717, 1.165) is 22.3 Å². The minimum Gasteiger partial charge on any atom is -0.480 e. The molecule has 2 aromatic carbocycles. The molecule has 2 aliphatic rings. The lowest BCUT2D eigenvalue weighted by molar-refractivity contribution is -0.143. The maximum absolute atomic E-state index is 12.5. The van der Waals surface area contributed by atoms with Crippen molar-refractivity contribution in [1.82, 2.24) is 10.6 Å². The first-order chi connectivity index (χ1) is 15.4. The van der Waals surface area contributed by atoms with Gasteiger partial charge in [-0.25, -0.2) is 9.59 Å². The van der Waals surface area contributed by atoms with Gasteiger partial charge in [-0.2, -0.15) is 0 Å². The molecule has 8 nitrogen and oxygen atoms in total. The van der Waals surface area contributed by atoms with E-state index in [4.69, 9.17) is 14.6 Å². The number of alkyl carbamates (subject to hydrolysis) is 1. The van der Waals surface area contributed by atoms with Crippen molar-refractivity contribution in [2.24, 2.45) is 0 Å². The summed E-state index contributed by atoms with van der Waals surface area (Å²) in [7, 11) is 1.36. The summed E-state index contributed by atoms with van der Waals surface area (Å²) in [5.74, 6) is -1.67. The van der Waals surface area contributed by atoms with Gasteiger partial charge in [0, 0.05) is 19.4 Å². The van der Waals surface area contributed by atoms with E-state index < -0.39 is 29.6 Å². The molecule has 4 rings (SSSR count). The van der Waals surface area contributed by atoms with Crippen LogP contribution in [0.25, 0.3) is 11.1 Å². The zero-order chi connectivity index (χ0) is 22.7. The van der Waals surface area contributed by atoms with Gasteiger partial charge in [-0.05, 0) is 35.1 Å². The van der Waals surface area contributed by atoms with Gasteiger partial charge < -0.3 is 25.2 Å². The fourth-order valence-electron chi connectivity index (χ4n) is 4.24. The van der Waals surface area contributed by atoms with Gasteiger partial charge >= 0.3 is 12.1 Å². The highest BCUT2D eigenvalue weighted by Crippen LogP contribution is 2.44. The van der Waals surface area contributed by atoms with Crippen LogP contribution in [0, 0.1) is 0 Å². The third kappa shape index (κ3) is 4.60. The topological polar surface area (TPSA) is 114 Å². The normalized spacial score (nSPS) is 16.4. The van der Waals surface area contributed by atoms with Crippen LogP contribution in [0.1, 0.15) is 36.3 Å². The van der Waals surface area contributed by atoms with Crippen molar-refractivity contribution in [3.63, 3.8) is 0 Å². The summed E-state index contributed by atoms with van der Waals surface area (Å²) >= 11 is 0. The molecule has 168 valence electrons. The molecule has 1 fully saturated rings. The molecule has 8 heteroatoms. The number of hydrogen-bond donors (Lipinski definition) is 3. The van der Waals surface area contributed by atoms with Crippen molar-refractivity contribution in [3.05, 3.63) is 59.7 Å². The Kier molecular flexibility index (Phi) is 6.14.